The summed E-state index contributed by atoms with van der Waals surface area (Å²) in [6, 6.07) is 0. The van der Waals surface area contributed by atoms with Crippen LogP contribution in [0.5, 0.6) is 0 Å². The van der Waals surface area contributed by atoms with Gasteiger partial charge >= 0.3 is 11.9 Å². The third-order valence-corrected chi connectivity index (χ3v) is 0.183. The molecule has 0 unspecified atom stereocenters. The minimum absolute atomic E-state index is 0. The van der Waals surface area contributed by atoms with Crippen LogP contribution < -0.4 is 0 Å². The first kappa shape index (κ1) is 23.1. The first-order valence-electron chi connectivity index (χ1n) is 1.11. The van der Waals surface area contributed by atoms with Crippen LogP contribution in [0.2, 0.25) is 0 Å². The van der Waals surface area contributed by atoms with Crippen LogP contribution in [-0.4, -0.2) is 27.6 Å². The van der Waals surface area contributed by atoms with Gasteiger partial charge in [0.25, 0.3) is 0 Å². The molecule has 0 aliphatic rings. The summed E-state index contributed by atoms with van der Waals surface area (Å²) in [5, 5.41) is 14.8. The van der Waals surface area contributed by atoms with Crippen molar-refractivity contribution in [3.8, 4) is 0 Å². The van der Waals surface area contributed by atoms with Gasteiger partial charge in [0, 0.05) is 33.0 Å². The quantitative estimate of drug-likeness (QED) is 0.379. The first-order chi connectivity index (χ1) is 2.64. The second kappa shape index (κ2) is 10.8. The fourth-order valence-electron chi connectivity index (χ4n) is 0. The molecule has 62 valence electrons. The molecule has 9 heavy (non-hydrogen) atoms. The fourth-order valence-corrected chi connectivity index (χ4v) is 0. The molecular formula is C2H4Ni2O5. The van der Waals surface area contributed by atoms with Gasteiger partial charge in [0.2, 0.25) is 0 Å². The van der Waals surface area contributed by atoms with Crippen molar-refractivity contribution in [3.63, 3.8) is 0 Å². The average molecular weight is 225 g/mol. The van der Waals surface area contributed by atoms with Crippen LogP contribution in [0.3, 0.4) is 0 Å². The third-order valence-electron chi connectivity index (χ3n) is 0.183. The predicted octanol–water partition coefficient (Wildman–Crippen LogP) is -1.67. The number of hydrogen-bond acceptors (Lipinski definition) is 2. The average Bonchev–Trinajstić information content (AvgIpc) is 1.36. The van der Waals surface area contributed by atoms with E-state index in [2.05, 4.69) is 0 Å². The maximum Gasteiger partial charge on any atom is 0.414 e. The van der Waals surface area contributed by atoms with Crippen LogP contribution in [0.1, 0.15) is 0 Å². The fraction of sp³-hybridized carbons (Fsp3) is 0. The zero-order valence-electron chi connectivity index (χ0n) is 3.84. The maximum atomic E-state index is 9.10. The molecule has 0 fully saturated rings. The Morgan fingerprint density at radius 1 is 0.889 bits per heavy atom. The normalized spacial score (nSPS) is 4.89. The molecule has 0 atom stereocenters. The van der Waals surface area contributed by atoms with Crippen LogP contribution in [0.25, 0.3) is 0 Å². The minimum atomic E-state index is -1.82. The number of rotatable bonds is 0. The Hall–Kier alpha value is -0.113. The zero-order chi connectivity index (χ0) is 5.15. The molecule has 0 rings (SSSR count). The molecule has 0 aromatic heterocycles. The summed E-state index contributed by atoms with van der Waals surface area (Å²) in [6.45, 7) is 0. The molecule has 0 aliphatic heterocycles. The zero-order valence-corrected chi connectivity index (χ0v) is 5.82. The summed E-state index contributed by atoms with van der Waals surface area (Å²) in [5.41, 5.74) is 0. The second-order valence-electron chi connectivity index (χ2n) is 0.610. The third kappa shape index (κ3) is 18.1. The van der Waals surface area contributed by atoms with E-state index in [1.807, 2.05) is 0 Å². The predicted molar refractivity (Wildman–Crippen MR) is 18.9 cm³/mol. The van der Waals surface area contributed by atoms with Crippen molar-refractivity contribution in [2.45, 2.75) is 0 Å². The van der Waals surface area contributed by atoms with E-state index in [4.69, 9.17) is 19.8 Å². The molecular weight excluding hydrogens is 221 g/mol. The Morgan fingerprint density at radius 2 is 1.00 bits per heavy atom. The van der Waals surface area contributed by atoms with Gasteiger partial charge < -0.3 is 15.7 Å². The molecule has 0 saturated carbocycles. The van der Waals surface area contributed by atoms with Crippen LogP contribution in [0.4, 0.5) is 0 Å². The number of hydrogen-bond donors (Lipinski definition) is 2. The molecule has 0 amide bonds. The Labute approximate surface area is 70.6 Å². The van der Waals surface area contributed by atoms with Crippen molar-refractivity contribution in [1.82, 2.24) is 0 Å². The molecule has 0 bridgehead atoms. The first-order valence-corrected chi connectivity index (χ1v) is 1.11. The smallest absolute Gasteiger partial charge is 0.414 e. The van der Waals surface area contributed by atoms with Crippen molar-refractivity contribution >= 4 is 11.9 Å². The van der Waals surface area contributed by atoms with Gasteiger partial charge in [-0.3, -0.25) is 0 Å². The Bertz CT molecular complexity index is 79.0. The number of carboxylic acid groups (broad SMARTS) is 2. The van der Waals surface area contributed by atoms with Gasteiger partial charge in [0.1, 0.15) is 0 Å². The van der Waals surface area contributed by atoms with E-state index in [9.17, 15) is 0 Å². The van der Waals surface area contributed by atoms with Crippen LogP contribution in [0, 0.1) is 0 Å². The van der Waals surface area contributed by atoms with E-state index in [1.54, 1.807) is 0 Å². The van der Waals surface area contributed by atoms with Gasteiger partial charge in [0.05, 0.1) is 0 Å². The molecule has 0 aromatic rings. The van der Waals surface area contributed by atoms with Crippen molar-refractivity contribution in [2.24, 2.45) is 0 Å². The summed E-state index contributed by atoms with van der Waals surface area (Å²) in [6.07, 6.45) is 0. The second-order valence-corrected chi connectivity index (χ2v) is 0.610. The SMILES string of the molecule is O.O=C(O)C(=O)O.[Ni].[Ni]. The number of carbonyl (C=O) groups is 2. The number of carboxylic acids is 2. The summed E-state index contributed by atoms with van der Waals surface area (Å²) in [4.78, 5) is 18.2. The van der Waals surface area contributed by atoms with Crippen molar-refractivity contribution in [1.29, 1.82) is 0 Å². The molecule has 0 radical (unpaired) electrons. The van der Waals surface area contributed by atoms with E-state index in [0.29, 0.717) is 0 Å². The summed E-state index contributed by atoms with van der Waals surface area (Å²) in [7, 11) is 0. The van der Waals surface area contributed by atoms with Gasteiger partial charge in [0.15, 0.2) is 0 Å². The molecule has 7 heteroatoms. The van der Waals surface area contributed by atoms with E-state index < -0.39 is 11.9 Å². The van der Waals surface area contributed by atoms with E-state index >= 15 is 0 Å². The summed E-state index contributed by atoms with van der Waals surface area (Å²) in [5.74, 6) is -3.65. The maximum absolute atomic E-state index is 9.10. The van der Waals surface area contributed by atoms with Crippen molar-refractivity contribution in [3.05, 3.63) is 0 Å². The number of aliphatic carboxylic acids is 2. The van der Waals surface area contributed by atoms with Gasteiger partial charge in [-0.05, 0) is 0 Å². The van der Waals surface area contributed by atoms with Gasteiger partial charge in [-0.1, -0.05) is 0 Å². The topological polar surface area (TPSA) is 106 Å². The van der Waals surface area contributed by atoms with Crippen molar-refractivity contribution in [2.75, 3.05) is 0 Å². The summed E-state index contributed by atoms with van der Waals surface area (Å²) < 4.78 is 0. The standard InChI is InChI=1S/C2H2O4.2Ni.H2O/c3-1(4)2(5)6;;;/h(H,3,4)(H,5,6);;;1H2. The molecule has 0 saturated heterocycles. The van der Waals surface area contributed by atoms with E-state index in [1.165, 1.54) is 0 Å². The minimum Gasteiger partial charge on any atom is -0.473 e. The van der Waals surface area contributed by atoms with Gasteiger partial charge in [-0.2, -0.15) is 0 Å². The van der Waals surface area contributed by atoms with E-state index in [0.717, 1.165) is 0 Å². The Kier molecular flexibility index (Phi) is 27.8. The molecule has 5 nitrogen and oxygen atoms in total. The van der Waals surface area contributed by atoms with Gasteiger partial charge in [-0.25, -0.2) is 9.59 Å². The Morgan fingerprint density at radius 3 is 1.00 bits per heavy atom. The molecule has 0 spiro atoms. The van der Waals surface area contributed by atoms with Crippen LogP contribution in [-0.2, 0) is 42.6 Å². The molecule has 0 heterocycles. The summed E-state index contributed by atoms with van der Waals surface area (Å²) >= 11 is 0. The monoisotopic (exact) mass is 224 g/mol. The van der Waals surface area contributed by atoms with Crippen molar-refractivity contribution < 1.29 is 58.3 Å². The Balaban J connectivity index is -0.0000000417. The van der Waals surface area contributed by atoms with E-state index in [-0.39, 0.29) is 38.5 Å². The largest absolute Gasteiger partial charge is 0.473 e. The molecule has 0 aliphatic carbocycles. The van der Waals surface area contributed by atoms with Crippen LogP contribution >= 0.6 is 0 Å². The molecule has 4 N–H and O–H groups in total. The van der Waals surface area contributed by atoms with Crippen LogP contribution in [0.15, 0.2) is 0 Å². The van der Waals surface area contributed by atoms with Gasteiger partial charge in [-0.15, -0.1) is 0 Å². The molecule has 0 aromatic carbocycles.